The number of amides is 2. The van der Waals surface area contributed by atoms with Crippen LogP contribution in [0, 0.1) is 0 Å². The van der Waals surface area contributed by atoms with Gasteiger partial charge < -0.3 is 21.1 Å². The molecule has 104 valence electrons. The number of carbonyl (C=O) groups is 2. The van der Waals surface area contributed by atoms with Crippen LogP contribution in [0.15, 0.2) is 24.3 Å². The molecule has 0 aliphatic rings. The zero-order valence-electron chi connectivity index (χ0n) is 10.9. The van der Waals surface area contributed by atoms with Gasteiger partial charge in [0.1, 0.15) is 5.75 Å². The molecule has 19 heavy (non-hydrogen) atoms. The number of hydrogen-bond donors (Lipinski definition) is 3. The second-order valence-electron chi connectivity index (χ2n) is 3.94. The Hall–Kier alpha value is -2.24. The van der Waals surface area contributed by atoms with E-state index in [0.717, 1.165) is 0 Å². The molecule has 1 aromatic carbocycles. The molecule has 1 rings (SSSR count). The summed E-state index contributed by atoms with van der Waals surface area (Å²) in [5, 5.41) is 5.13. The standard InChI is InChI=1S/C13H19N3O3/c1-15-12(17)6-8-16-13(18)7-9-19-11-4-2-10(14)3-5-11/h2-5H,6-9,14H2,1H3,(H,15,17)(H,16,18). The van der Waals surface area contributed by atoms with Crippen LogP contribution in [0.1, 0.15) is 12.8 Å². The molecule has 0 radical (unpaired) electrons. The summed E-state index contributed by atoms with van der Waals surface area (Å²) in [7, 11) is 1.56. The highest BCUT2D eigenvalue weighted by Gasteiger charge is 2.03. The summed E-state index contributed by atoms with van der Waals surface area (Å²) in [6, 6.07) is 6.97. The second kappa shape index (κ2) is 7.97. The second-order valence-corrected chi connectivity index (χ2v) is 3.94. The number of nitrogens with one attached hydrogen (secondary N) is 2. The first-order valence-corrected chi connectivity index (χ1v) is 6.07. The highest BCUT2D eigenvalue weighted by atomic mass is 16.5. The van der Waals surface area contributed by atoms with Gasteiger partial charge in [0.05, 0.1) is 13.0 Å². The lowest BCUT2D eigenvalue weighted by Crippen LogP contribution is -2.29. The van der Waals surface area contributed by atoms with Crippen LogP contribution in [0.3, 0.4) is 0 Å². The van der Waals surface area contributed by atoms with Crippen molar-refractivity contribution in [2.75, 3.05) is 25.9 Å². The average molecular weight is 265 g/mol. The lowest BCUT2D eigenvalue weighted by Gasteiger charge is -2.07. The van der Waals surface area contributed by atoms with Crippen LogP contribution >= 0.6 is 0 Å². The third-order valence-electron chi connectivity index (χ3n) is 2.43. The molecule has 6 nitrogen and oxygen atoms in total. The SMILES string of the molecule is CNC(=O)CCNC(=O)CCOc1ccc(N)cc1. The smallest absolute Gasteiger partial charge is 0.223 e. The summed E-state index contributed by atoms with van der Waals surface area (Å²) in [6.07, 6.45) is 0.527. The van der Waals surface area contributed by atoms with Gasteiger partial charge in [-0.1, -0.05) is 0 Å². The molecule has 4 N–H and O–H groups in total. The first-order valence-electron chi connectivity index (χ1n) is 6.07. The summed E-state index contributed by atoms with van der Waals surface area (Å²) >= 11 is 0. The normalized spacial score (nSPS) is 9.74. The molecule has 0 heterocycles. The van der Waals surface area contributed by atoms with E-state index in [-0.39, 0.29) is 31.3 Å². The monoisotopic (exact) mass is 265 g/mol. The Morgan fingerprint density at radius 3 is 2.47 bits per heavy atom. The Bertz CT molecular complexity index is 418. The third kappa shape index (κ3) is 6.30. The molecular formula is C13H19N3O3. The van der Waals surface area contributed by atoms with Gasteiger partial charge in [-0.15, -0.1) is 0 Å². The van der Waals surface area contributed by atoms with Crippen molar-refractivity contribution >= 4 is 17.5 Å². The minimum Gasteiger partial charge on any atom is -0.493 e. The zero-order valence-corrected chi connectivity index (χ0v) is 10.9. The van der Waals surface area contributed by atoms with Crippen LogP contribution in [0.5, 0.6) is 5.75 Å². The van der Waals surface area contributed by atoms with Crippen LogP contribution in [-0.4, -0.2) is 32.0 Å². The van der Waals surface area contributed by atoms with Crippen molar-refractivity contribution in [2.45, 2.75) is 12.8 Å². The van der Waals surface area contributed by atoms with Gasteiger partial charge in [0.15, 0.2) is 0 Å². The first kappa shape index (κ1) is 14.8. The summed E-state index contributed by atoms with van der Waals surface area (Å²) in [4.78, 5) is 22.3. The fourth-order valence-corrected chi connectivity index (χ4v) is 1.35. The van der Waals surface area contributed by atoms with E-state index < -0.39 is 0 Å². The maximum absolute atomic E-state index is 11.4. The summed E-state index contributed by atoms with van der Waals surface area (Å²) < 4.78 is 5.38. The molecule has 0 aliphatic heterocycles. The zero-order chi connectivity index (χ0) is 14.1. The molecule has 0 spiro atoms. The molecule has 0 saturated carbocycles. The summed E-state index contributed by atoms with van der Waals surface area (Å²) in [5.41, 5.74) is 6.21. The van der Waals surface area contributed by atoms with Crippen molar-refractivity contribution in [3.8, 4) is 5.75 Å². The highest BCUT2D eigenvalue weighted by molar-refractivity contribution is 5.78. The van der Waals surface area contributed by atoms with E-state index in [9.17, 15) is 9.59 Å². The molecule has 6 heteroatoms. The van der Waals surface area contributed by atoms with E-state index in [1.165, 1.54) is 0 Å². The Kier molecular flexibility index (Phi) is 6.21. The molecule has 0 unspecified atom stereocenters. The fourth-order valence-electron chi connectivity index (χ4n) is 1.35. The van der Waals surface area contributed by atoms with E-state index in [1.807, 2.05) is 0 Å². The lowest BCUT2D eigenvalue weighted by molar-refractivity contribution is -0.122. The van der Waals surface area contributed by atoms with Crippen LogP contribution in [0.25, 0.3) is 0 Å². The maximum Gasteiger partial charge on any atom is 0.223 e. The fraction of sp³-hybridized carbons (Fsp3) is 0.385. The molecule has 0 aliphatic carbocycles. The summed E-state index contributed by atoms with van der Waals surface area (Å²) in [5.74, 6) is 0.435. The van der Waals surface area contributed by atoms with Gasteiger partial charge in [0, 0.05) is 25.7 Å². The van der Waals surface area contributed by atoms with Crippen molar-refractivity contribution in [2.24, 2.45) is 0 Å². The van der Waals surface area contributed by atoms with Gasteiger partial charge >= 0.3 is 0 Å². The molecule has 0 saturated heterocycles. The predicted octanol–water partition coefficient (Wildman–Crippen LogP) is 0.290. The van der Waals surface area contributed by atoms with Crippen LogP contribution < -0.4 is 21.1 Å². The van der Waals surface area contributed by atoms with E-state index in [0.29, 0.717) is 18.0 Å². The lowest BCUT2D eigenvalue weighted by atomic mass is 10.3. The van der Waals surface area contributed by atoms with Gasteiger partial charge in [-0.05, 0) is 24.3 Å². The topological polar surface area (TPSA) is 93.5 Å². The number of nitrogen functional groups attached to an aromatic ring is 1. The minimum atomic E-state index is -0.139. The number of benzene rings is 1. The molecule has 0 atom stereocenters. The molecule has 0 bridgehead atoms. The highest BCUT2D eigenvalue weighted by Crippen LogP contribution is 2.12. The largest absolute Gasteiger partial charge is 0.493 e. The number of nitrogens with two attached hydrogens (primary N) is 1. The molecular weight excluding hydrogens is 246 g/mol. The van der Waals surface area contributed by atoms with Gasteiger partial charge in [-0.3, -0.25) is 9.59 Å². The Balaban J connectivity index is 2.13. The van der Waals surface area contributed by atoms with E-state index in [2.05, 4.69) is 10.6 Å². The van der Waals surface area contributed by atoms with Gasteiger partial charge in [0.2, 0.25) is 11.8 Å². The number of hydrogen-bond acceptors (Lipinski definition) is 4. The molecule has 2 amide bonds. The van der Waals surface area contributed by atoms with E-state index in [1.54, 1.807) is 31.3 Å². The number of anilines is 1. The van der Waals surface area contributed by atoms with E-state index in [4.69, 9.17) is 10.5 Å². The molecule has 0 aromatic heterocycles. The third-order valence-corrected chi connectivity index (χ3v) is 2.43. The molecule has 1 aromatic rings. The van der Waals surface area contributed by atoms with Gasteiger partial charge in [-0.2, -0.15) is 0 Å². The average Bonchev–Trinajstić information content (AvgIpc) is 2.41. The first-order chi connectivity index (χ1) is 9.11. The van der Waals surface area contributed by atoms with Crippen molar-refractivity contribution in [1.82, 2.24) is 10.6 Å². The molecule has 0 fully saturated rings. The quantitative estimate of drug-likeness (QED) is 0.618. The van der Waals surface area contributed by atoms with Crippen LogP contribution in [0.4, 0.5) is 5.69 Å². The Morgan fingerprint density at radius 1 is 1.16 bits per heavy atom. The Morgan fingerprint density at radius 2 is 1.84 bits per heavy atom. The van der Waals surface area contributed by atoms with Crippen molar-refractivity contribution in [1.29, 1.82) is 0 Å². The number of ether oxygens (including phenoxy) is 1. The van der Waals surface area contributed by atoms with Crippen LogP contribution in [-0.2, 0) is 9.59 Å². The van der Waals surface area contributed by atoms with E-state index >= 15 is 0 Å². The van der Waals surface area contributed by atoms with Crippen molar-refractivity contribution < 1.29 is 14.3 Å². The Labute approximate surface area is 112 Å². The van der Waals surface area contributed by atoms with Gasteiger partial charge in [0.25, 0.3) is 0 Å². The minimum absolute atomic E-state index is 0.0987. The van der Waals surface area contributed by atoms with Crippen LogP contribution in [0.2, 0.25) is 0 Å². The van der Waals surface area contributed by atoms with Crippen molar-refractivity contribution in [3.63, 3.8) is 0 Å². The summed E-state index contributed by atoms with van der Waals surface area (Å²) in [6.45, 7) is 0.621. The number of carbonyl (C=O) groups excluding carboxylic acids is 2. The maximum atomic E-state index is 11.4. The predicted molar refractivity (Wildman–Crippen MR) is 72.7 cm³/mol. The number of rotatable bonds is 7. The van der Waals surface area contributed by atoms with Gasteiger partial charge in [-0.25, -0.2) is 0 Å². The van der Waals surface area contributed by atoms with Crippen molar-refractivity contribution in [3.05, 3.63) is 24.3 Å².